The molecule has 2 unspecified atom stereocenters. The standard InChI is InChI=1S/C16H22N2O2S/c1-3-7-14-16(20)18(12(2)15(19)17-14)10-11-21-13-8-5-4-6-9-13/h4-6,8-9,12,14H,3,7,10-11H2,1-2H3,(H,17,19). The number of thioether (sulfide) groups is 1. The van der Waals surface area contributed by atoms with Crippen LogP contribution in [0, 0.1) is 0 Å². The largest absolute Gasteiger partial charge is 0.343 e. The lowest BCUT2D eigenvalue weighted by Gasteiger charge is -2.37. The van der Waals surface area contributed by atoms with Crippen LogP contribution in [-0.4, -0.2) is 41.1 Å². The minimum Gasteiger partial charge on any atom is -0.343 e. The molecule has 1 aromatic rings. The lowest BCUT2D eigenvalue weighted by Crippen LogP contribution is -2.62. The predicted molar refractivity (Wildman–Crippen MR) is 85.2 cm³/mol. The third kappa shape index (κ3) is 4.00. The summed E-state index contributed by atoms with van der Waals surface area (Å²) in [5.41, 5.74) is 0. The molecule has 4 nitrogen and oxygen atoms in total. The summed E-state index contributed by atoms with van der Waals surface area (Å²) in [4.78, 5) is 27.3. The number of amides is 2. The summed E-state index contributed by atoms with van der Waals surface area (Å²) in [6.45, 7) is 4.42. The Balaban J connectivity index is 1.93. The van der Waals surface area contributed by atoms with Crippen molar-refractivity contribution < 1.29 is 9.59 Å². The average Bonchev–Trinajstić information content (AvgIpc) is 2.49. The van der Waals surface area contributed by atoms with Gasteiger partial charge in [-0.1, -0.05) is 31.5 Å². The maximum atomic E-state index is 12.4. The molecule has 1 aromatic carbocycles. The maximum absolute atomic E-state index is 12.4. The second kappa shape index (κ2) is 7.50. The van der Waals surface area contributed by atoms with Gasteiger partial charge in [0.15, 0.2) is 0 Å². The summed E-state index contributed by atoms with van der Waals surface area (Å²) in [5, 5.41) is 2.82. The zero-order valence-corrected chi connectivity index (χ0v) is 13.4. The Labute approximate surface area is 130 Å². The number of rotatable bonds is 6. The van der Waals surface area contributed by atoms with Gasteiger partial charge in [0, 0.05) is 17.2 Å². The van der Waals surface area contributed by atoms with Crippen LogP contribution in [-0.2, 0) is 9.59 Å². The Bertz CT molecular complexity index is 492. The third-order valence-corrected chi connectivity index (χ3v) is 4.66. The molecule has 0 spiro atoms. The van der Waals surface area contributed by atoms with Gasteiger partial charge in [-0.25, -0.2) is 0 Å². The number of nitrogens with zero attached hydrogens (tertiary/aromatic N) is 1. The number of carbonyl (C=O) groups is 2. The summed E-state index contributed by atoms with van der Waals surface area (Å²) in [6.07, 6.45) is 1.59. The van der Waals surface area contributed by atoms with Gasteiger partial charge in [-0.3, -0.25) is 9.59 Å². The lowest BCUT2D eigenvalue weighted by molar-refractivity contribution is -0.148. The highest BCUT2D eigenvalue weighted by Crippen LogP contribution is 2.19. The zero-order chi connectivity index (χ0) is 15.2. The Morgan fingerprint density at radius 2 is 1.95 bits per heavy atom. The van der Waals surface area contributed by atoms with E-state index in [0.29, 0.717) is 13.0 Å². The second-order valence-corrected chi connectivity index (χ2v) is 6.39. The first kappa shape index (κ1) is 15.9. The average molecular weight is 306 g/mol. The fourth-order valence-corrected chi connectivity index (χ4v) is 3.33. The van der Waals surface area contributed by atoms with E-state index in [2.05, 4.69) is 17.4 Å². The first-order chi connectivity index (χ1) is 10.1. The fraction of sp³-hybridized carbons (Fsp3) is 0.500. The number of hydrogen-bond donors (Lipinski definition) is 1. The molecule has 1 aliphatic heterocycles. The minimum atomic E-state index is -0.373. The zero-order valence-electron chi connectivity index (χ0n) is 12.5. The maximum Gasteiger partial charge on any atom is 0.245 e. The summed E-state index contributed by atoms with van der Waals surface area (Å²) in [6, 6.07) is 9.38. The van der Waals surface area contributed by atoms with Crippen LogP contribution in [0.3, 0.4) is 0 Å². The Morgan fingerprint density at radius 1 is 1.24 bits per heavy atom. The molecule has 1 saturated heterocycles. The van der Waals surface area contributed by atoms with Crippen LogP contribution in [0.2, 0.25) is 0 Å². The molecule has 0 saturated carbocycles. The first-order valence-corrected chi connectivity index (χ1v) is 8.40. The Kier molecular flexibility index (Phi) is 5.67. The third-order valence-electron chi connectivity index (χ3n) is 3.67. The molecule has 1 N–H and O–H groups in total. The van der Waals surface area contributed by atoms with E-state index in [-0.39, 0.29) is 23.9 Å². The number of piperazine rings is 1. The molecular weight excluding hydrogens is 284 g/mol. The van der Waals surface area contributed by atoms with Gasteiger partial charge >= 0.3 is 0 Å². The van der Waals surface area contributed by atoms with Crippen molar-refractivity contribution in [3.05, 3.63) is 30.3 Å². The molecule has 2 rings (SSSR count). The Morgan fingerprint density at radius 3 is 2.62 bits per heavy atom. The van der Waals surface area contributed by atoms with E-state index in [0.717, 1.165) is 12.2 Å². The van der Waals surface area contributed by atoms with Crippen molar-refractivity contribution in [2.24, 2.45) is 0 Å². The molecule has 1 aliphatic rings. The summed E-state index contributed by atoms with van der Waals surface area (Å²) in [5.74, 6) is 0.807. The van der Waals surface area contributed by atoms with Crippen LogP contribution in [0.5, 0.6) is 0 Å². The van der Waals surface area contributed by atoms with Crippen LogP contribution in [0.1, 0.15) is 26.7 Å². The van der Waals surface area contributed by atoms with Gasteiger partial charge in [0.25, 0.3) is 0 Å². The summed E-state index contributed by atoms with van der Waals surface area (Å²) < 4.78 is 0. The van der Waals surface area contributed by atoms with E-state index >= 15 is 0 Å². The molecule has 2 amide bonds. The quantitative estimate of drug-likeness (QED) is 0.820. The number of carbonyl (C=O) groups excluding carboxylic acids is 2. The van der Waals surface area contributed by atoms with Crippen LogP contribution >= 0.6 is 11.8 Å². The lowest BCUT2D eigenvalue weighted by atomic mass is 10.0. The van der Waals surface area contributed by atoms with Crippen LogP contribution in [0.25, 0.3) is 0 Å². The van der Waals surface area contributed by atoms with E-state index in [1.807, 2.05) is 25.1 Å². The van der Waals surface area contributed by atoms with Crippen LogP contribution in [0.4, 0.5) is 0 Å². The molecule has 114 valence electrons. The highest BCUT2D eigenvalue weighted by molar-refractivity contribution is 7.99. The number of benzene rings is 1. The topological polar surface area (TPSA) is 49.4 Å². The van der Waals surface area contributed by atoms with Gasteiger partial charge in [-0.05, 0) is 25.5 Å². The van der Waals surface area contributed by atoms with E-state index in [1.54, 1.807) is 23.6 Å². The molecule has 5 heteroatoms. The summed E-state index contributed by atoms with van der Waals surface area (Å²) in [7, 11) is 0. The van der Waals surface area contributed by atoms with Crippen molar-refractivity contribution in [1.29, 1.82) is 0 Å². The normalized spacial score (nSPS) is 22.3. The molecule has 2 atom stereocenters. The van der Waals surface area contributed by atoms with Gasteiger partial charge in [-0.2, -0.15) is 0 Å². The first-order valence-electron chi connectivity index (χ1n) is 7.42. The fourth-order valence-electron chi connectivity index (χ4n) is 2.45. The highest BCUT2D eigenvalue weighted by Gasteiger charge is 2.36. The number of hydrogen-bond acceptors (Lipinski definition) is 3. The van der Waals surface area contributed by atoms with E-state index < -0.39 is 0 Å². The van der Waals surface area contributed by atoms with Crippen molar-refractivity contribution in [2.75, 3.05) is 12.3 Å². The minimum absolute atomic E-state index is 0.0437. The monoisotopic (exact) mass is 306 g/mol. The molecule has 21 heavy (non-hydrogen) atoms. The van der Waals surface area contributed by atoms with Crippen molar-refractivity contribution in [2.45, 2.75) is 43.7 Å². The van der Waals surface area contributed by atoms with Gasteiger partial charge in [0.05, 0.1) is 0 Å². The van der Waals surface area contributed by atoms with Crippen LogP contribution in [0.15, 0.2) is 35.2 Å². The van der Waals surface area contributed by atoms with Crippen molar-refractivity contribution in [1.82, 2.24) is 10.2 Å². The smallest absolute Gasteiger partial charge is 0.245 e. The van der Waals surface area contributed by atoms with E-state index in [1.165, 1.54) is 4.90 Å². The van der Waals surface area contributed by atoms with Crippen molar-refractivity contribution in [3.8, 4) is 0 Å². The van der Waals surface area contributed by atoms with Crippen molar-refractivity contribution >= 4 is 23.6 Å². The SMILES string of the molecule is CCCC1NC(=O)C(C)N(CCSc2ccccc2)C1=O. The molecule has 0 aromatic heterocycles. The van der Waals surface area contributed by atoms with Crippen molar-refractivity contribution in [3.63, 3.8) is 0 Å². The van der Waals surface area contributed by atoms with Crippen LogP contribution < -0.4 is 5.32 Å². The molecule has 1 heterocycles. The van der Waals surface area contributed by atoms with Gasteiger partial charge in [-0.15, -0.1) is 11.8 Å². The van der Waals surface area contributed by atoms with E-state index in [9.17, 15) is 9.59 Å². The Hall–Kier alpha value is -1.49. The second-order valence-electron chi connectivity index (χ2n) is 5.22. The predicted octanol–water partition coefficient (Wildman–Crippen LogP) is 2.29. The van der Waals surface area contributed by atoms with Gasteiger partial charge in [0.1, 0.15) is 12.1 Å². The molecule has 0 aliphatic carbocycles. The number of nitrogens with one attached hydrogen (secondary N) is 1. The molecule has 1 fully saturated rings. The highest BCUT2D eigenvalue weighted by atomic mass is 32.2. The van der Waals surface area contributed by atoms with Gasteiger partial charge in [0.2, 0.25) is 11.8 Å². The van der Waals surface area contributed by atoms with Gasteiger partial charge < -0.3 is 10.2 Å². The van der Waals surface area contributed by atoms with E-state index in [4.69, 9.17) is 0 Å². The molecular formula is C16H22N2O2S. The molecule has 0 bridgehead atoms. The summed E-state index contributed by atoms with van der Waals surface area (Å²) >= 11 is 1.71. The molecule has 0 radical (unpaired) electrons.